The van der Waals surface area contributed by atoms with Gasteiger partial charge in [-0.2, -0.15) is 5.10 Å². The van der Waals surface area contributed by atoms with Gasteiger partial charge in [0.25, 0.3) is 0 Å². The fourth-order valence-electron chi connectivity index (χ4n) is 3.33. The van der Waals surface area contributed by atoms with Gasteiger partial charge in [-0.3, -0.25) is 4.90 Å². The second-order valence-electron chi connectivity index (χ2n) is 6.63. The molecule has 0 radical (unpaired) electrons. The first-order chi connectivity index (χ1) is 10.1. The molecule has 0 amide bonds. The van der Waals surface area contributed by atoms with Crippen molar-refractivity contribution in [3.05, 3.63) is 12.2 Å². The van der Waals surface area contributed by atoms with Gasteiger partial charge in [0.1, 0.15) is 12.2 Å². The molecule has 1 aromatic rings. The highest BCUT2D eigenvalue weighted by Crippen LogP contribution is 2.21. The number of nitrogens with zero attached hydrogens (tertiary/aromatic N) is 4. The minimum atomic E-state index is 0.539. The third-order valence-electron chi connectivity index (χ3n) is 4.35. The summed E-state index contributed by atoms with van der Waals surface area (Å²) < 4.78 is 2.08. The summed E-state index contributed by atoms with van der Waals surface area (Å²) in [4.78, 5) is 7.09. The number of aromatic nitrogens is 3. The molecular formula is C16H31N5. The number of rotatable bonds is 7. The predicted molar refractivity (Wildman–Crippen MR) is 86.0 cm³/mol. The summed E-state index contributed by atoms with van der Waals surface area (Å²) in [5, 5.41) is 7.98. The average Bonchev–Trinajstić information content (AvgIpc) is 2.86. The van der Waals surface area contributed by atoms with Gasteiger partial charge >= 0.3 is 0 Å². The summed E-state index contributed by atoms with van der Waals surface area (Å²) >= 11 is 0. The number of likely N-dealkylation sites (N-methyl/N-ethyl adjacent to an activating group) is 1. The Morgan fingerprint density at radius 1 is 1.33 bits per heavy atom. The Morgan fingerprint density at radius 3 is 2.86 bits per heavy atom. The van der Waals surface area contributed by atoms with Crippen molar-refractivity contribution in [1.82, 2.24) is 25.0 Å². The zero-order chi connectivity index (χ0) is 15.2. The number of likely N-dealkylation sites (tertiary alicyclic amines) is 1. The van der Waals surface area contributed by atoms with Gasteiger partial charge in [-0.05, 0) is 38.8 Å². The van der Waals surface area contributed by atoms with E-state index >= 15 is 0 Å². The van der Waals surface area contributed by atoms with E-state index in [2.05, 4.69) is 52.7 Å². The van der Waals surface area contributed by atoms with Crippen molar-refractivity contribution in [3.63, 3.8) is 0 Å². The quantitative estimate of drug-likeness (QED) is 0.838. The standard InChI is InChI=1S/C16H31N5/c1-5-17-14(4)15-8-6-7-9-20(15)11-16-18-12-19-21(16)10-13(2)3/h12-15,17H,5-11H2,1-4H3. The highest BCUT2D eigenvalue weighted by Gasteiger charge is 2.27. The molecule has 2 unspecified atom stereocenters. The number of nitrogens with one attached hydrogen (secondary N) is 1. The predicted octanol–water partition coefficient (Wildman–Crippen LogP) is 2.29. The largest absolute Gasteiger partial charge is 0.313 e. The molecule has 1 aliphatic heterocycles. The first-order valence-corrected chi connectivity index (χ1v) is 8.46. The molecule has 0 saturated carbocycles. The average molecular weight is 293 g/mol. The molecular weight excluding hydrogens is 262 g/mol. The summed E-state index contributed by atoms with van der Waals surface area (Å²) in [5.74, 6) is 1.71. The molecule has 1 aliphatic rings. The van der Waals surface area contributed by atoms with Gasteiger partial charge in [-0.25, -0.2) is 9.67 Å². The van der Waals surface area contributed by atoms with Crippen LogP contribution in [0, 0.1) is 5.92 Å². The Bertz CT molecular complexity index is 415. The molecule has 120 valence electrons. The Kier molecular flexibility index (Phi) is 6.18. The third kappa shape index (κ3) is 4.51. The highest BCUT2D eigenvalue weighted by molar-refractivity contribution is 4.91. The Hall–Kier alpha value is -0.940. The summed E-state index contributed by atoms with van der Waals surface area (Å²) in [5.41, 5.74) is 0. The van der Waals surface area contributed by atoms with Crippen molar-refractivity contribution in [2.24, 2.45) is 5.92 Å². The lowest BCUT2D eigenvalue weighted by atomic mass is 9.96. The van der Waals surface area contributed by atoms with Crippen LogP contribution in [0.25, 0.3) is 0 Å². The molecule has 2 rings (SSSR count). The molecule has 21 heavy (non-hydrogen) atoms. The molecule has 1 saturated heterocycles. The maximum atomic E-state index is 4.49. The highest BCUT2D eigenvalue weighted by atomic mass is 15.4. The summed E-state index contributed by atoms with van der Waals surface area (Å²) in [6.07, 6.45) is 5.63. The monoisotopic (exact) mass is 293 g/mol. The number of hydrogen-bond donors (Lipinski definition) is 1. The fraction of sp³-hybridized carbons (Fsp3) is 0.875. The summed E-state index contributed by atoms with van der Waals surface area (Å²) in [7, 11) is 0. The van der Waals surface area contributed by atoms with Crippen molar-refractivity contribution in [3.8, 4) is 0 Å². The van der Waals surface area contributed by atoms with E-state index in [4.69, 9.17) is 0 Å². The van der Waals surface area contributed by atoms with E-state index in [1.54, 1.807) is 6.33 Å². The van der Waals surface area contributed by atoms with Crippen LogP contribution in [0.5, 0.6) is 0 Å². The second-order valence-corrected chi connectivity index (χ2v) is 6.63. The molecule has 2 atom stereocenters. The topological polar surface area (TPSA) is 46.0 Å². The van der Waals surface area contributed by atoms with E-state index in [9.17, 15) is 0 Å². The maximum absolute atomic E-state index is 4.49. The molecule has 0 aliphatic carbocycles. The van der Waals surface area contributed by atoms with Crippen LogP contribution in [0.2, 0.25) is 0 Å². The number of piperidine rings is 1. The lowest BCUT2D eigenvalue weighted by Crippen LogP contribution is -2.50. The van der Waals surface area contributed by atoms with Crippen LogP contribution in [0.1, 0.15) is 52.8 Å². The van der Waals surface area contributed by atoms with E-state index in [1.165, 1.54) is 25.8 Å². The van der Waals surface area contributed by atoms with Crippen molar-refractivity contribution < 1.29 is 0 Å². The smallest absolute Gasteiger partial charge is 0.141 e. The Balaban J connectivity index is 2.03. The van der Waals surface area contributed by atoms with Crippen molar-refractivity contribution in [2.75, 3.05) is 13.1 Å². The summed E-state index contributed by atoms with van der Waals surface area (Å²) in [6.45, 7) is 13.0. The zero-order valence-electron chi connectivity index (χ0n) is 14.0. The molecule has 2 heterocycles. The normalized spacial score (nSPS) is 21.9. The van der Waals surface area contributed by atoms with Crippen molar-refractivity contribution in [2.45, 2.75) is 72.1 Å². The second kappa shape index (κ2) is 7.90. The van der Waals surface area contributed by atoms with Crippen LogP contribution < -0.4 is 5.32 Å². The van der Waals surface area contributed by atoms with Crippen LogP contribution in [0.3, 0.4) is 0 Å². The van der Waals surface area contributed by atoms with Gasteiger partial charge in [-0.15, -0.1) is 0 Å². The minimum absolute atomic E-state index is 0.539. The van der Waals surface area contributed by atoms with Gasteiger partial charge in [-0.1, -0.05) is 27.2 Å². The van der Waals surface area contributed by atoms with E-state index in [0.717, 1.165) is 25.5 Å². The third-order valence-corrected chi connectivity index (χ3v) is 4.35. The van der Waals surface area contributed by atoms with E-state index in [-0.39, 0.29) is 0 Å². The minimum Gasteiger partial charge on any atom is -0.313 e. The first kappa shape index (κ1) is 16.4. The van der Waals surface area contributed by atoms with Gasteiger partial charge in [0.15, 0.2) is 0 Å². The molecule has 5 nitrogen and oxygen atoms in total. The van der Waals surface area contributed by atoms with Crippen LogP contribution in [0.15, 0.2) is 6.33 Å². The van der Waals surface area contributed by atoms with Gasteiger partial charge in [0.05, 0.1) is 6.54 Å². The number of hydrogen-bond acceptors (Lipinski definition) is 4. The Morgan fingerprint density at radius 2 is 2.14 bits per heavy atom. The van der Waals surface area contributed by atoms with Crippen LogP contribution in [0.4, 0.5) is 0 Å². The first-order valence-electron chi connectivity index (χ1n) is 8.46. The van der Waals surface area contributed by atoms with Crippen LogP contribution in [-0.4, -0.2) is 44.8 Å². The molecule has 1 N–H and O–H groups in total. The Labute approximate surface area is 129 Å². The van der Waals surface area contributed by atoms with E-state index in [1.807, 2.05) is 0 Å². The van der Waals surface area contributed by atoms with Gasteiger partial charge < -0.3 is 5.32 Å². The molecule has 1 fully saturated rings. The lowest BCUT2D eigenvalue weighted by molar-refractivity contribution is 0.107. The van der Waals surface area contributed by atoms with Crippen LogP contribution in [-0.2, 0) is 13.1 Å². The summed E-state index contributed by atoms with van der Waals surface area (Å²) in [6, 6.07) is 1.15. The molecule has 0 bridgehead atoms. The molecule has 0 aromatic carbocycles. The molecule has 5 heteroatoms. The van der Waals surface area contributed by atoms with E-state index < -0.39 is 0 Å². The van der Waals surface area contributed by atoms with Crippen molar-refractivity contribution >= 4 is 0 Å². The fourth-order valence-corrected chi connectivity index (χ4v) is 3.33. The van der Waals surface area contributed by atoms with E-state index in [0.29, 0.717) is 18.0 Å². The maximum Gasteiger partial charge on any atom is 0.141 e. The van der Waals surface area contributed by atoms with Crippen molar-refractivity contribution in [1.29, 1.82) is 0 Å². The molecule has 1 aromatic heterocycles. The van der Waals surface area contributed by atoms with Gasteiger partial charge in [0.2, 0.25) is 0 Å². The van der Waals surface area contributed by atoms with Crippen LogP contribution >= 0.6 is 0 Å². The molecule has 0 spiro atoms. The lowest BCUT2D eigenvalue weighted by Gasteiger charge is -2.39. The van der Waals surface area contributed by atoms with Gasteiger partial charge in [0, 0.05) is 18.6 Å². The SMILES string of the molecule is CCNC(C)C1CCCCN1Cc1ncnn1CC(C)C. The zero-order valence-corrected chi connectivity index (χ0v) is 14.0.